The molecule has 2 heterocycles. The fraction of sp³-hybridized carbons (Fsp3) is 0.0870. The fourth-order valence-corrected chi connectivity index (χ4v) is 3.93. The molecule has 0 atom stereocenters. The van der Waals surface area contributed by atoms with Gasteiger partial charge in [-0.25, -0.2) is 5.01 Å². The Kier molecular flexibility index (Phi) is 4.91. The van der Waals surface area contributed by atoms with Gasteiger partial charge in [0.2, 0.25) is 0 Å². The molecular formula is C23H17ClN6O2. The van der Waals surface area contributed by atoms with Gasteiger partial charge in [-0.2, -0.15) is 5.10 Å². The Morgan fingerprint density at radius 3 is 2.47 bits per heavy atom. The van der Waals surface area contributed by atoms with Crippen molar-refractivity contribution in [1.82, 2.24) is 14.8 Å². The molecule has 0 spiro atoms. The zero-order chi connectivity index (χ0) is 22.2. The van der Waals surface area contributed by atoms with Crippen LogP contribution in [0.3, 0.4) is 0 Å². The highest BCUT2D eigenvalue weighted by molar-refractivity contribution is 6.30. The summed E-state index contributed by atoms with van der Waals surface area (Å²) in [6.07, 6.45) is 0. The molecular weight excluding hydrogens is 428 g/mol. The van der Waals surface area contributed by atoms with Crippen LogP contribution < -0.4 is 5.01 Å². The number of fused-ring (bicyclic) bond motifs is 3. The Labute approximate surface area is 188 Å². The Hall–Kier alpha value is -4.04. The van der Waals surface area contributed by atoms with E-state index in [1.807, 2.05) is 60.0 Å². The van der Waals surface area contributed by atoms with Gasteiger partial charge in [0.15, 0.2) is 0 Å². The molecule has 0 saturated carbocycles. The maximum absolute atomic E-state index is 11.6. The monoisotopic (exact) mass is 444 g/mol. The van der Waals surface area contributed by atoms with E-state index in [2.05, 4.69) is 10.2 Å². The molecule has 0 saturated heterocycles. The van der Waals surface area contributed by atoms with Gasteiger partial charge in [0.25, 0.3) is 11.6 Å². The summed E-state index contributed by atoms with van der Waals surface area (Å²) in [6.45, 7) is 2.02. The van der Waals surface area contributed by atoms with Gasteiger partial charge in [-0.15, -0.1) is 10.2 Å². The number of nitro benzene ring substituents is 1. The molecule has 158 valence electrons. The first-order valence-electron chi connectivity index (χ1n) is 9.89. The van der Waals surface area contributed by atoms with Crippen LogP contribution in [0.1, 0.15) is 22.5 Å². The number of nitro groups is 1. The molecule has 0 bridgehead atoms. The third kappa shape index (κ3) is 3.40. The van der Waals surface area contributed by atoms with E-state index in [0.717, 1.165) is 16.8 Å². The molecule has 1 aliphatic heterocycles. The van der Waals surface area contributed by atoms with E-state index in [1.54, 1.807) is 23.2 Å². The number of hydrogen-bond donors (Lipinski definition) is 0. The van der Waals surface area contributed by atoms with Crippen molar-refractivity contribution >= 4 is 28.9 Å². The maximum Gasteiger partial charge on any atom is 0.274 e. The van der Waals surface area contributed by atoms with E-state index in [9.17, 15) is 10.1 Å². The minimum absolute atomic E-state index is 0.0280. The van der Waals surface area contributed by atoms with Crippen LogP contribution in [0.15, 0.2) is 77.9 Å². The van der Waals surface area contributed by atoms with Crippen molar-refractivity contribution in [3.05, 3.63) is 110 Å². The molecule has 32 heavy (non-hydrogen) atoms. The number of aromatic nitrogens is 3. The number of hydrazone groups is 1. The smallest absolute Gasteiger partial charge is 0.263 e. The summed E-state index contributed by atoms with van der Waals surface area (Å²) in [7, 11) is 0. The fourth-order valence-electron chi connectivity index (χ4n) is 3.80. The quantitative estimate of drug-likeness (QED) is 0.329. The third-order valence-electron chi connectivity index (χ3n) is 5.29. The summed E-state index contributed by atoms with van der Waals surface area (Å²) in [5, 5.41) is 27.4. The van der Waals surface area contributed by atoms with Crippen molar-refractivity contribution in [2.75, 3.05) is 5.01 Å². The van der Waals surface area contributed by atoms with Crippen molar-refractivity contribution in [3.63, 3.8) is 0 Å². The number of benzene rings is 3. The predicted octanol–water partition coefficient (Wildman–Crippen LogP) is 4.91. The highest BCUT2D eigenvalue weighted by Gasteiger charge is 2.27. The second-order valence-electron chi connectivity index (χ2n) is 7.30. The van der Waals surface area contributed by atoms with Crippen molar-refractivity contribution in [2.45, 2.75) is 13.5 Å². The van der Waals surface area contributed by atoms with E-state index in [0.29, 0.717) is 28.1 Å². The zero-order valence-electron chi connectivity index (χ0n) is 17.0. The Balaban J connectivity index is 1.73. The van der Waals surface area contributed by atoms with E-state index in [-0.39, 0.29) is 17.2 Å². The highest BCUT2D eigenvalue weighted by Crippen LogP contribution is 2.31. The molecule has 0 aliphatic carbocycles. The van der Waals surface area contributed by atoms with Gasteiger partial charge in [-0.05, 0) is 25.1 Å². The Morgan fingerprint density at radius 1 is 0.969 bits per heavy atom. The molecule has 1 aromatic heterocycles. The molecule has 0 fully saturated rings. The van der Waals surface area contributed by atoms with Crippen molar-refractivity contribution < 1.29 is 4.92 Å². The molecule has 0 radical (unpaired) electrons. The highest BCUT2D eigenvalue weighted by atomic mass is 35.5. The standard InChI is InChI=1S/C23H17ClN6O2/c1-15-25-26-23-28(14-17-6-2-4-8-20(17)30(31)32)27-22(16-10-12-18(24)13-11-16)19-7-3-5-9-21(19)29(15)23/h2-13H,14H2,1H3. The predicted molar refractivity (Wildman–Crippen MR) is 122 cm³/mol. The van der Waals surface area contributed by atoms with Crippen LogP contribution in [0.25, 0.3) is 5.69 Å². The largest absolute Gasteiger partial charge is 0.274 e. The third-order valence-corrected chi connectivity index (χ3v) is 5.54. The van der Waals surface area contributed by atoms with Gasteiger partial charge >= 0.3 is 0 Å². The summed E-state index contributed by atoms with van der Waals surface area (Å²) in [5.41, 5.74) is 3.90. The van der Waals surface area contributed by atoms with Crippen LogP contribution in [-0.2, 0) is 6.54 Å². The number of rotatable bonds is 4. The first-order chi connectivity index (χ1) is 15.5. The van der Waals surface area contributed by atoms with Crippen LogP contribution in [0.2, 0.25) is 5.02 Å². The summed E-state index contributed by atoms with van der Waals surface area (Å²) in [6, 6.07) is 21.9. The van der Waals surface area contributed by atoms with Crippen LogP contribution in [0, 0.1) is 17.0 Å². The first-order valence-corrected chi connectivity index (χ1v) is 10.3. The lowest BCUT2D eigenvalue weighted by Crippen LogP contribution is -2.21. The second kappa shape index (κ2) is 7.90. The van der Waals surface area contributed by atoms with E-state index < -0.39 is 0 Å². The average Bonchev–Trinajstić information content (AvgIpc) is 3.12. The number of halogens is 1. The lowest BCUT2D eigenvalue weighted by molar-refractivity contribution is -0.385. The number of nitrogens with zero attached hydrogens (tertiary/aromatic N) is 6. The lowest BCUT2D eigenvalue weighted by atomic mass is 10.0. The van der Waals surface area contributed by atoms with Crippen LogP contribution in [-0.4, -0.2) is 25.4 Å². The summed E-state index contributed by atoms with van der Waals surface area (Å²) < 4.78 is 1.91. The van der Waals surface area contributed by atoms with Crippen molar-refractivity contribution in [1.29, 1.82) is 0 Å². The molecule has 0 N–H and O–H groups in total. The number of aryl methyl sites for hydroxylation is 1. The van der Waals surface area contributed by atoms with Crippen LogP contribution in [0.5, 0.6) is 0 Å². The van der Waals surface area contributed by atoms with Gasteiger partial charge in [0.05, 0.1) is 22.7 Å². The SMILES string of the molecule is Cc1nnc2n1-c1ccccc1C(c1ccc(Cl)cc1)=NN2Cc1ccccc1[N+](=O)[O-]. The molecule has 5 rings (SSSR count). The molecule has 4 aromatic rings. The molecule has 3 aromatic carbocycles. The van der Waals surface area contributed by atoms with Crippen molar-refractivity contribution in [3.8, 4) is 5.69 Å². The lowest BCUT2D eigenvalue weighted by Gasteiger charge is -2.18. The molecule has 0 amide bonds. The van der Waals surface area contributed by atoms with Crippen LogP contribution >= 0.6 is 11.6 Å². The minimum atomic E-state index is -0.387. The van der Waals surface area contributed by atoms with Gasteiger partial charge in [-0.3, -0.25) is 14.7 Å². The molecule has 1 aliphatic rings. The second-order valence-corrected chi connectivity index (χ2v) is 7.74. The number of anilines is 1. The molecule has 8 nitrogen and oxygen atoms in total. The normalized spacial score (nSPS) is 12.6. The van der Waals surface area contributed by atoms with E-state index in [1.165, 1.54) is 6.07 Å². The molecule has 9 heteroatoms. The van der Waals surface area contributed by atoms with Gasteiger partial charge in [-0.1, -0.05) is 60.1 Å². The number of hydrogen-bond acceptors (Lipinski definition) is 6. The summed E-state index contributed by atoms with van der Waals surface area (Å²) >= 11 is 6.11. The number of para-hydroxylation sites is 2. The van der Waals surface area contributed by atoms with Crippen molar-refractivity contribution in [2.24, 2.45) is 5.10 Å². The van der Waals surface area contributed by atoms with Gasteiger partial charge < -0.3 is 0 Å². The average molecular weight is 445 g/mol. The Bertz CT molecular complexity index is 1360. The van der Waals surface area contributed by atoms with Gasteiger partial charge in [0, 0.05) is 22.2 Å². The summed E-state index contributed by atoms with van der Waals surface area (Å²) in [4.78, 5) is 11.2. The minimum Gasteiger partial charge on any atom is -0.263 e. The van der Waals surface area contributed by atoms with E-state index in [4.69, 9.17) is 16.7 Å². The summed E-state index contributed by atoms with van der Waals surface area (Å²) in [5.74, 6) is 1.17. The zero-order valence-corrected chi connectivity index (χ0v) is 17.8. The first kappa shape index (κ1) is 19.9. The Morgan fingerprint density at radius 2 is 1.69 bits per heavy atom. The van der Waals surface area contributed by atoms with Gasteiger partial charge in [0.1, 0.15) is 11.5 Å². The maximum atomic E-state index is 11.6. The van der Waals surface area contributed by atoms with Crippen LogP contribution in [0.4, 0.5) is 11.6 Å². The topological polar surface area (TPSA) is 89.5 Å². The van der Waals surface area contributed by atoms with E-state index >= 15 is 0 Å². The molecule has 0 unspecified atom stereocenters.